The fourth-order valence-corrected chi connectivity index (χ4v) is 4.02. The molecular formula is C21H28N4. The molecule has 0 amide bonds. The topological polar surface area (TPSA) is 30.5 Å². The van der Waals surface area contributed by atoms with Gasteiger partial charge in [-0.25, -0.2) is 5.43 Å². The van der Waals surface area contributed by atoms with Crippen LogP contribution < -0.4 is 10.9 Å². The Balaban J connectivity index is 1.28. The number of nitrogens with one attached hydrogen (secondary N) is 2. The second-order valence-corrected chi connectivity index (χ2v) is 7.24. The Bertz CT molecular complexity index is 637. The van der Waals surface area contributed by atoms with Crippen LogP contribution in [0.3, 0.4) is 0 Å². The van der Waals surface area contributed by atoms with Crippen molar-refractivity contribution in [2.75, 3.05) is 39.3 Å². The maximum atomic E-state index is 3.47. The van der Waals surface area contributed by atoms with E-state index in [9.17, 15) is 0 Å². The maximum absolute atomic E-state index is 3.47. The molecule has 25 heavy (non-hydrogen) atoms. The van der Waals surface area contributed by atoms with E-state index in [0.717, 1.165) is 13.1 Å². The van der Waals surface area contributed by atoms with Gasteiger partial charge in [0.15, 0.2) is 0 Å². The highest BCUT2D eigenvalue weighted by atomic mass is 15.4. The summed E-state index contributed by atoms with van der Waals surface area (Å²) in [6, 6.07) is 22.1. The zero-order valence-electron chi connectivity index (χ0n) is 14.8. The zero-order valence-corrected chi connectivity index (χ0v) is 14.8. The van der Waals surface area contributed by atoms with E-state index in [1.165, 1.54) is 43.9 Å². The van der Waals surface area contributed by atoms with Crippen LogP contribution in [0.15, 0.2) is 60.7 Å². The van der Waals surface area contributed by atoms with Crippen LogP contribution in [0.1, 0.15) is 17.2 Å². The van der Waals surface area contributed by atoms with Gasteiger partial charge >= 0.3 is 0 Å². The first-order chi connectivity index (χ1) is 12.4. The Kier molecular flexibility index (Phi) is 5.43. The lowest BCUT2D eigenvalue weighted by molar-refractivity contribution is 0.112. The fourth-order valence-electron chi connectivity index (χ4n) is 4.02. The third-order valence-electron chi connectivity index (χ3n) is 5.46. The van der Waals surface area contributed by atoms with Crippen molar-refractivity contribution in [3.8, 4) is 0 Å². The van der Waals surface area contributed by atoms with Gasteiger partial charge in [-0.15, -0.1) is 0 Å². The van der Waals surface area contributed by atoms with E-state index >= 15 is 0 Å². The molecule has 2 saturated heterocycles. The van der Waals surface area contributed by atoms with E-state index in [2.05, 4.69) is 81.3 Å². The van der Waals surface area contributed by atoms with Crippen molar-refractivity contribution < 1.29 is 0 Å². The van der Waals surface area contributed by atoms with Crippen molar-refractivity contribution in [1.29, 1.82) is 0 Å². The number of rotatable bonds is 5. The molecule has 2 aromatic rings. The summed E-state index contributed by atoms with van der Waals surface area (Å²) in [7, 11) is 0. The van der Waals surface area contributed by atoms with Crippen LogP contribution in [0, 0.1) is 5.92 Å². The van der Waals surface area contributed by atoms with Gasteiger partial charge in [0.2, 0.25) is 0 Å². The molecule has 4 rings (SSSR count). The first kappa shape index (κ1) is 16.7. The monoisotopic (exact) mass is 336 g/mol. The Morgan fingerprint density at radius 3 is 2.16 bits per heavy atom. The second kappa shape index (κ2) is 8.11. The average molecular weight is 336 g/mol. The lowest BCUT2D eigenvalue weighted by Crippen LogP contribution is -2.48. The van der Waals surface area contributed by atoms with Crippen LogP contribution in [0.5, 0.6) is 0 Å². The Hall–Kier alpha value is -1.72. The normalized spacial score (nSPS) is 25.3. The van der Waals surface area contributed by atoms with Crippen LogP contribution >= 0.6 is 0 Å². The van der Waals surface area contributed by atoms with Gasteiger partial charge in [-0.1, -0.05) is 60.7 Å². The number of nitrogens with zero attached hydrogens (tertiary/aromatic N) is 2. The molecule has 0 radical (unpaired) electrons. The van der Waals surface area contributed by atoms with E-state index < -0.39 is 0 Å². The fraction of sp³-hybridized carbons (Fsp3) is 0.429. The first-order valence-corrected chi connectivity index (χ1v) is 9.40. The lowest BCUT2D eigenvalue weighted by atomic mass is 9.94. The quantitative estimate of drug-likeness (QED) is 0.877. The number of hydrogen-bond acceptors (Lipinski definition) is 4. The molecule has 0 saturated carbocycles. The van der Waals surface area contributed by atoms with Gasteiger partial charge in [-0.2, -0.15) is 0 Å². The van der Waals surface area contributed by atoms with E-state index in [4.69, 9.17) is 0 Å². The summed E-state index contributed by atoms with van der Waals surface area (Å²) in [6.07, 6.45) is 0. The molecule has 2 heterocycles. The summed E-state index contributed by atoms with van der Waals surface area (Å²) in [4.78, 5) is 5.21. The molecular weight excluding hydrogens is 308 g/mol. The molecule has 2 aromatic carbocycles. The van der Waals surface area contributed by atoms with Gasteiger partial charge < -0.3 is 4.90 Å². The van der Waals surface area contributed by atoms with Crippen molar-refractivity contribution in [2.24, 2.45) is 5.92 Å². The smallest absolute Gasteiger partial charge is 0.0515 e. The van der Waals surface area contributed by atoms with Crippen molar-refractivity contribution in [2.45, 2.75) is 12.6 Å². The van der Waals surface area contributed by atoms with Crippen LogP contribution in [-0.4, -0.2) is 49.1 Å². The molecule has 2 N–H and O–H groups in total. The van der Waals surface area contributed by atoms with Gasteiger partial charge in [0.25, 0.3) is 0 Å². The molecule has 0 aromatic heterocycles. The highest BCUT2D eigenvalue weighted by molar-refractivity contribution is 5.21. The summed E-state index contributed by atoms with van der Waals surface area (Å²) in [6.45, 7) is 7.96. The molecule has 132 valence electrons. The maximum Gasteiger partial charge on any atom is 0.0515 e. The first-order valence-electron chi connectivity index (χ1n) is 9.40. The summed E-state index contributed by atoms with van der Waals surface area (Å²) in [5.74, 6) is 0.628. The van der Waals surface area contributed by atoms with Crippen molar-refractivity contribution in [1.82, 2.24) is 20.7 Å². The minimum atomic E-state index is 0.420. The summed E-state index contributed by atoms with van der Waals surface area (Å²) in [5.41, 5.74) is 9.64. The third-order valence-corrected chi connectivity index (χ3v) is 5.46. The standard InChI is InChI=1S/C21H28N4/c1-3-7-18(8-4-1)16-24-11-13-25(14-12-24)17-20-15-22-23-21(20)19-9-5-2-6-10-19/h1-10,20-23H,11-17H2. The van der Waals surface area contributed by atoms with Gasteiger partial charge in [-0.05, 0) is 11.1 Å². The predicted molar refractivity (Wildman–Crippen MR) is 102 cm³/mol. The van der Waals surface area contributed by atoms with Crippen molar-refractivity contribution >= 4 is 0 Å². The molecule has 2 atom stereocenters. The Morgan fingerprint density at radius 1 is 0.800 bits per heavy atom. The summed E-state index contributed by atoms with van der Waals surface area (Å²) < 4.78 is 0. The van der Waals surface area contributed by atoms with Crippen LogP contribution in [0.2, 0.25) is 0 Å². The molecule has 2 fully saturated rings. The third kappa shape index (κ3) is 4.28. The van der Waals surface area contributed by atoms with Crippen molar-refractivity contribution in [3.05, 3.63) is 71.8 Å². The zero-order chi connectivity index (χ0) is 16.9. The molecule has 0 aliphatic carbocycles. The SMILES string of the molecule is c1ccc(CN2CCN(CC3CNNC3c3ccccc3)CC2)cc1. The number of benzene rings is 2. The van der Waals surface area contributed by atoms with Gasteiger partial charge in [0, 0.05) is 51.7 Å². The minimum absolute atomic E-state index is 0.420. The lowest BCUT2D eigenvalue weighted by Gasteiger charge is -2.36. The number of piperazine rings is 1. The van der Waals surface area contributed by atoms with E-state index in [1.54, 1.807) is 0 Å². The molecule has 0 bridgehead atoms. The van der Waals surface area contributed by atoms with Crippen molar-refractivity contribution in [3.63, 3.8) is 0 Å². The molecule has 2 aliphatic heterocycles. The van der Waals surface area contributed by atoms with Crippen LogP contribution in [0.25, 0.3) is 0 Å². The summed E-state index contributed by atoms with van der Waals surface area (Å²) >= 11 is 0. The van der Waals surface area contributed by atoms with Gasteiger partial charge in [-0.3, -0.25) is 10.3 Å². The highest BCUT2D eigenvalue weighted by Crippen LogP contribution is 2.25. The van der Waals surface area contributed by atoms with E-state index in [1.807, 2.05) is 0 Å². The number of hydrogen-bond donors (Lipinski definition) is 2. The number of hydrazine groups is 1. The minimum Gasteiger partial charge on any atom is -0.300 e. The predicted octanol–water partition coefficient (Wildman–Crippen LogP) is 2.27. The molecule has 4 heteroatoms. The molecule has 2 aliphatic rings. The summed E-state index contributed by atoms with van der Waals surface area (Å²) in [5, 5.41) is 0. The molecule has 4 nitrogen and oxygen atoms in total. The largest absolute Gasteiger partial charge is 0.300 e. The Morgan fingerprint density at radius 2 is 1.44 bits per heavy atom. The van der Waals surface area contributed by atoms with E-state index in [0.29, 0.717) is 12.0 Å². The molecule has 2 unspecified atom stereocenters. The highest BCUT2D eigenvalue weighted by Gasteiger charge is 2.30. The average Bonchev–Trinajstić information content (AvgIpc) is 3.13. The molecule has 0 spiro atoms. The van der Waals surface area contributed by atoms with E-state index in [-0.39, 0.29) is 0 Å². The van der Waals surface area contributed by atoms with Crippen LogP contribution in [0.4, 0.5) is 0 Å². The second-order valence-electron chi connectivity index (χ2n) is 7.24. The van der Waals surface area contributed by atoms with Gasteiger partial charge in [0.1, 0.15) is 0 Å². The van der Waals surface area contributed by atoms with Gasteiger partial charge in [0.05, 0.1) is 6.04 Å². The van der Waals surface area contributed by atoms with Crippen LogP contribution in [-0.2, 0) is 6.54 Å². The Labute approximate surface area is 150 Å².